The molecule has 0 unspecified atom stereocenters. The zero-order valence-electron chi connectivity index (χ0n) is 16.4. The lowest BCUT2D eigenvalue weighted by atomic mass is 9.89. The van der Waals surface area contributed by atoms with Gasteiger partial charge in [-0.15, -0.1) is 0 Å². The van der Waals surface area contributed by atoms with Crippen molar-refractivity contribution in [2.45, 2.75) is 48.9 Å². The Kier molecular flexibility index (Phi) is 5.02. The summed E-state index contributed by atoms with van der Waals surface area (Å²) in [6.07, 6.45) is 1.28. The molecule has 0 spiro atoms. The number of para-hydroxylation sites is 1. The fourth-order valence-electron chi connectivity index (χ4n) is 4.66. The van der Waals surface area contributed by atoms with Crippen molar-refractivity contribution in [1.29, 1.82) is 0 Å². The molecule has 2 aliphatic heterocycles. The molecule has 0 aromatic heterocycles. The lowest BCUT2D eigenvalue weighted by molar-refractivity contribution is 0.177. The Labute approximate surface area is 162 Å². The SMILES string of the molecule is Cc1ccc(Sc2cccc3c2N(C)[C@@H]2CCN(CC(C)C)C[C@@H]32)cc1. The van der Waals surface area contributed by atoms with Gasteiger partial charge in [0.1, 0.15) is 0 Å². The van der Waals surface area contributed by atoms with Gasteiger partial charge in [-0.2, -0.15) is 0 Å². The van der Waals surface area contributed by atoms with Gasteiger partial charge in [0.25, 0.3) is 0 Å². The summed E-state index contributed by atoms with van der Waals surface area (Å²) in [7, 11) is 2.31. The van der Waals surface area contributed by atoms with Crippen LogP contribution in [0.3, 0.4) is 0 Å². The van der Waals surface area contributed by atoms with E-state index >= 15 is 0 Å². The lowest BCUT2D eigenvalue weighted by Crippen LogP contribution is -2.46. The highest BCUT2D eigenvalue weighted by Gasteiger charge is 2.41. The van der Waals surface area contributed by atoms with Gasteiger partial charge in [-0.05, 0) is 43.0 Å². The van der Waals surface area contributed by atoms with Gasteiger partial charge in [-0.1, -0.05) is 55.4 Å². The number of anilines is 1. The molecule has 0 bridgehead atoms. The van der Waals surface area contributed by atoms with E-state index in [-0.39, 0.29) is 0 Å². The van der Waals surface area contributed by atoms with E-state index in [1.165, 1.54) is 47.1 Å². The second kappa shape index (κ2) is 7.28. The van der Waals surface area contributed by atoms with Gasteiger partial charge < -0.3 is 9.80 Å². The quantitative estimate of drug-likeness (QED) is 0.714. The smallest absolute Gasteiger partial charge is 0.0544 e. The summed E-state index contributed by atoms with van der Waals surface area (Å²) in [6, 6.07) is 16.5. The number of rotatable bonds is 4. The summed E-state index contributed by atoms with van der Waals surface area (Å²) >= 11 is 1.91. The molecule has 1 saturated heterocycles. The first kappa shape index (κ1) is 17.9. The van der Waals surface area contributed by atoms with Crippen LogP contribution in [0.25, 0.3) is 0 Å². The predicted octanol–water partition coefficient (Wildman–Crippen LogP) is 5.41. The third-order valence-corrected chi connectivity index (χ3v) is 6.87. The zero-order valence-corrected chi connectivity index (χ0v) is 17.2. The molecular weight excluding hydrogens is 336 g/mol. The Bertz CT molecular complexity index is 768. The molecule has 138 valence electrons. The van der Waals surface area contributed by atoms with Crippen LogP contribution in [-0.2, 0) is 0 Å². The van der Waals surface area contributed by atoms with Crippen LogP contribution in [0.15, 0.2) is 52.3 Å². The van der Waals surface area contributed by atoms with Crippen LogP contribution in [0, 0.1) is 12.8 Å². The van der Waals surface area contributed by atoms with Crippen LogP contribution in [0.4, 0.5) is 5.69 Å². The number of benzene rings is 2. The molecule has 0 aliphatic carbocycles. The van der Waals surface area contributed by atoms with Gasteiger partial charge >= 0.3 is 0 Å². The minimum absolute atomic E-state index is 0.654. The molecule has 3 heteroatoms. The molecule has 0 amide bonds. The molecule has 2 nitrogen and oxygen atoms in total. The van der Waals surface area contributed by atoms with Crippen molar-refractivity contribution in [2.24, 2.45) is 5.92 Å². The molecule has 26 heavy (non-hydrogen) atoms. The van der Waals surface area contributed by atoms with E-state index in [2.05, 4.69) is 80.1 Å². The highest BCUT2D eigenvalue weighted by molar-refractivity contribution is 7.99. The van der Waals surface area contributed by atoms with Crippen molar-refractivity contribution in [1.82, 2.24) is 4.90 Å². The molecule has 2 aromatic rings. The third-order valence-electron chi connectivity index (χ3n) is 5.81. The number of nitrogens with zero attached hydrogens (tertiary/aromatic N) is 2. The van der Waals surface area contributed by atoms with E-state index in [1.54, 1.807) is 5.56 Å². The third kappa shape index (κ3) is 3.39. The normalized spacial score (nSPS) is 22.6. The summed E-state index contributed by atoms with van der Waals surface area (Å²) in [5, 5.41) is 0. The Morgan fingerprint density at radius 1 is 1.12 bits per heavy atom. The van der Waals surface area contributed by atoms with Gasteiger partial charge in [-0.3, -0.25) is 0 Å². The van der Waals surface area contributed by atoms with E-state index in [9.17, 15) is 0 Å². The van der Waals surface area contributed by atoms with Gasteiger partial charge in [0.05, 0.1) is 5.69 Å². The minimum atomic E-state index is 0.654. The van der Waals surface area contributed by atoms with E-state index < -0.39 is 0 Å². The predicted molar refractivity (Wildman–Crippen MR) is 113 cm³/mol. The van der Waals surface area contributed by atoms with Crippen LogP contribution in [0.5, 0.6) is 0 Å². The molecule has 1 fully saturated rings. The van der Waals surface area contributed by atoms with Crippen molar-refractivity contribution in [3.8, 4) is 0 Å². The molecule has 0 radical (unpaired) electrons. The summed E-state index contributed by atoms with van der Waals surface area (Å²) in [5.41, 5.74) is 4.35. The summed E-state index contributed by atoms with van der Waals surface area (Å²) in [6.45, 7) is 10.5. The fraction of sp³-hybridized carbons (Fsp3) is 0.478. The van der Waals surface area contributed by atoms with Crippen LogP contribution < -0.4 is 4.90 Å². The Balaban J connectivity index is 1.62. The van der Waals surface area contributed by atoms with Gasteiger partial charge in [0, 0.05) is 48.4 Å². The zero-order chi connectivity index (χ0) is 18.3. The van der Waals surface area contributed by atoms with Gasteiger partial charge in [0.2, 0.25) is 0 Å². The average molecular weight is 367 g/mol. The molecular formula is C23H30N2S. The lowest BCUT2D eigenvalue weighted by Gasteiger charge is -2.38. The maximum absolute atomic E-state index is 2.68. The maximum atomic E-state index is 2.68. The molecule has 2 heterocycles. The van der Waals surface area contributed by atoms with Crippen LogP contribution in [-0.4, -0.2) is 37.6 Å². The number of likely N-dealkylation sites (tertiary alicyclic amines) is 1. The van der Waals surface area contributed by atoms with Crippen LogP contribution in [0.1, 0.15) is 37.3 Å². The van der Waals surface area contributed by atoms with E-state index in [0.29, 0.717) is 12.0 Å². The minimum Gasteiger partial charge on any atom is -0.370 e. The Hall–Kier alpha value is -1.45. The van der Waals surface area contributed by atoms with Crippen molar-refractivity contribution in [3.63, 3.8) is 0 Å². The van der Waals surface area contributed by atoms with E-state index in [1.807, 2.05) is 11.8 Å². The number of hydrogen-bond donors (Lipinski definition) is 0. The fourth-order valence-corrected chi connectivity index (χ4v) is 5.69. The van der Waals surface area contributed by atoms with E-state index in [0.717, 1.165) is 5.92 Å². The van der Waals surface area contributed by atoms with Crippen molar-refractivity contribution in [2.75, 3.05) is 31.6 Å². The summed E-state index contributed by atoms with van der Waals surface area (Å²) < 4.78 is 0. The molecule has 2 aromatic carbocycles. The second-order valence-electron chi connectivity index (χ2n) is 8.34. The molecule has 4 rings (SSSR count). The molecule has 2 aliphatic rings. The Morgan fingerprint density at radius 2 is 1.88 bits per heavy atom. The van der Waals surface area contributed by atoms with Gasteiger partial charge in [0.15, 0.2) is 0 Å². The van der Waals surface area contributed by atoms with E-state index in [4.69, 9.17) is 0 Å². The summed E-state index contributed by atoms with van der Waals surface area (Å²) in [5.74, 6) is 1.40. The second-order valence-corrected chi connectivity index (χ2v) is 9.45. The first-order chi connectivity index (χ1) is 12.5. The van der Waals surface area contributed by atoms with Crippen molar-refractivity contribution >= 4 is 17.4 Å². The number of likely N-dealkylation sites (N-methyl/N-ethyl adjacent to an activating group) is 1. The molecule has 0 N–H and O–H groups in total. The Morgan fingerprint density at radius 3 is 2.62 bits per heavy atom. The van der Waals surface area contributed by atoms with Crippen molar-refractivity contribution < 1.29 is 0 Å². The monoisotopic (exact) mass is 366 g/mol. The highest BCUT2D eigenvalue weighted by atomic mass is 32.2. The van der Waals surface area contributed by atoms with Crippen LogP contribution >= 0.6 is 11.8 Å². The first-order valence-corrected chi connectivity index (χ1v) is 10.7. The number of hydrogen-bond acceptors (Lipinski definition) is 3. The first-order valence-electron chi connectivity index (χ1n) is 9.85. The van der Waals surface area contributed by atoms with Gasteiger partial charge in [-0.25, -0.2) is 0 Å². The molecule has 2 atom stereocenters. The van der Waals surface area contributed by atoms with Crippen molar-refractivity contribution in [3.05, 3.63) is 53.6 Å². The van der Waals surface area contributed by atoms with Crippen LogP contribution in [0.2, 0.25) is 0 Å². The summed E-state index contributed by atoms with van der Waals surface area (Å²) in [4.78, 5) is 7.98. The number of fused-ring (bicyclic) bond motifs is 3. The largest absolute Gasteiger partial charge is 0.370 e. The standard InChI is InChI=1S/C23H30N2S/c1-16(2)14-25-13-12-21-20(15-25)19-6-5-7-22(23(19)24(21)4)26-18-10-8-17(3)9-11-18/h5-11,16,20-21H,12-15H2,1-4H3/t20-,21+/m0/s1. The maximum Gasteiger partial charge on any atom is 0.0544 e. The number of piperidine rings is 1. The highest BCUT2D eigenvalue weighted by Crippen LogP contribution is 2.49. The average Bonchev–Trinajstić information content (AvgIpc) is 2.90. The molecule has 0 saturated carbocycles. The topological polar surface area (TPSA) is 6.48 Å². The number of aryl methyl sites for hydroxylation is 1.